The molecule has 0 atom stereocenters. The van der Waals surface area contributed by atoms with Gasteiger partial charge in [0.1, 0.15) is 17.3 Å². The lowest BCUT2D eigenvalue weighted by Crippen LogP contribution is -2.07. The van der Waals surface area contributed by atoms with Crippen LogP contribution in [0.4, 0.5) is 10.3 Å². The van der Waals surface area contributed by atoms with Crippen LogP contribution in [0.25, 0.3) is 11.5 Å². The fourth-order valence-electron chi connectivity index (χ4n) is 2.89. The third-order valence-electron chi connectivity index (χ3n) is 4.39. The maximum Gasteiger partial charge on any atom is 0.234 e. The highest BCUT2D eigenvalue weighted by atomic mass is 32.2. The minimum atomic E-state index is -4.07. The Kier molecular flexibility index (Phi) is 5.77. The zero-order valence-electron chi connectivity index (χ0n) is 16.5. The van der Waals surface area contributed by atoms with Gasteiger partial charge in [0.2, 0.25) is 26.6 Å². The molecule has 2 heterocycles. The molecule has 0 aliphatic rings. The quantitative estimate of drug-likeness (QED) is 0.387. The maximum absolute atomic E-state index is 13.3. The molecule has 0 fully saturated rings. The van der Waals surface area contributed by atoms with E-state index in [2.05, 4.69) is 10.3 Å². The number of hydrogen-bond acceptors (Lipinski definition) is 7. The van der Waals surface area contributed by atoms with Crippen molar-refractivity contribution >= 4 is 15.7 Å². The first-order chi connectivity index (χ1) is 15.0. The van der Waals surface area contributed by atoms with Gasteiger partial charge in [0, 0.05) is 5.56 Å². The van der Waals surface area contributed by atoms with Crippen molar-refractivity contribution in [3.05, 3.63) is 78.5 Å². The summed E-state index contributed by atoms with van der Waals surface area (Å²) in [6, 6.07) is 14.9. The molecule has 1 N–H and O–H groups in total. The smallest absolute Gasteiger partial charge is 0.234 e. The second kappa shape index (κ2) is 8.65. The lowest BCUT2D eigenvalue weighted by Gasteiger charge is -2.05. The number of sulfone groups is 1. The average Bonchev–Trinajstić information content (AvgIpc) is 3.44. The number of aromatic nitrogens is 1. The van der Waals surface area contributed by atoms with Crippen molar-refractivity contribution in [3.63, 3.8) is 0 Å². The molecule has 160 valence electrons. The third-order valence-corrected chi connectivity index (χ3v) is 6.07. The van der Waals surface area contributed by atoms with Crippen LogP contribution in [0.3, 0.4) is 0 Å². The Labute approximate surface area is 178 Å². The molecule has 0 saturated carbocycles. The van der Waals surface area contributed by atoms with Crippen molar-refractivity contribution in [1.82, 2.24) is 4.98 Å². The van der Waals surface area contributed by atoms with E-state index in [0.29, 0.717) is 23.7 Å². The van der Waals surface area contributed by atoms with E-state index in [4.69, 9.17) is 13.6 Å². The van der Waals surface area contributed by atoms with E-state index in [-0.39, 0.29) is 28.2 Å². The molecular weight excluding hydrogens is 423 g/mol. The second-order valence-corrected chi connectivity index (χ2v) is 8.37. The molecule has 0 amide bonds. The Morgan fingerprint density at radius 3 is 2.45 bits per heavy atom. The van der Waals surface area contributed by atoms with Crippen molar-refractivity contribution in [1.29, 1.82) is 0 Å². The molecule has 0 saturated heterocycles. The first-order valence-corrected chi connectivity index (χ1v) is 11.0. The third kappa shape index (κ3) is 4.46. The average molecular weight is 442 g/mol. The molecular formula is C22H19FN2O5S. The van der Waals surface area contributed by atoms with Crippen molar-refractivity contribution in [2.45, 2.75) is 23.4 Å². The molecule has 0 radical (unpaired) electrons. The number of benzene rings is 2. The highest BCUT2D eigenvalue weighted by Crippen LogP contribution is 2.33. The molecule has 0 unspecified atom stereocenters. The van der Waals surface area contributed by atoms with Crippen LogP contribution in [0, 0.1) is 5.82 Å². The van der Waals surface area contributed by atoms with Gasteiger partial charge in [-0.2, -0.15) is 4.98 Å². The Bertz CT molecular complexity index is 1250. The van der Waals surface area contributed by atoms with E-state index < -0.39 is 15.7 Å². The van der Waals surface area contributed by atoms with Crippen LogP contribution in [-0.2, 0) is 16.4 Å². The van der Waals surface area contributed by atoms with E-state index in [1.165, 1.54) is 18.4 Å². The number of anilines is 1. The standard InChI is InChI=1S/C22H19FN2O5S/c1-2-28-17-9-5-15(6-10-17)20-25-22(21(30-20)24-14-18-4-3-13-29-18)31(26,27)19-11-7-16(23)8-12-19/h3-13,24H,2,14H2,1H3. The molecule has 0 spiro atoms. The number of hydrogen-bond donors (Lipinski definition) is 1. The van der Waals surface area contributed by atoms with Crippen LogP contribution in [0.2, 0.25) is 0 Å². The van der Waals surface area contributed by atoms with E-state index in [1.807, 2.05) is 6.92 Å². The van der Waals surface area contributed by atoms with Gasteiger partial charge in [-0.1, -0.05) is 0 Å². The number of nitrogens with one attached hydrogen (secondary N) is 1. The molecule has 2 aromatic carbocycles. The van der Waals surface area contributed by atoms with Crippen LogP contribution in [0.1, 0.15) is 12.7 Å². The topological polar surface area (TPSA) is 94.6 Å². The van der Waals surface area contributed by atoms with E-state index in [0.717, 1.165) is 12.1 Å². The normalized spacial score (nSPS) is 11.4. The summed E-state index contributed by atoms with van der Waals surface area (Å²) < 4.78 is 56.1. The summed E-state index contributed by atoms with van der Waals surface area (Å²) in [6.07, 6.45) is 1.51. The summed E-state index contributed by atoms with van der Waals surface area (Å²) >= 11 is 0. The van der Waals surface area contributed by atoms with E-state index in [9.17, 15) is 12.8 Å². The summed E-state index contributed by atoms with van der Waals surface area (Å²) in [7, 11) is -4.07. The Balaban J connectivity index is 1.73. The van der Waals surface area contributed by atoms with Gasteiger partial charge < -0.3 is 18.9 Å². The molecule has 0 bridgehead atoms. The minimum absolute atomic E-state index is 0.0374. The number of rotatable bonds is 8. The van der Waals surface area contributed by atoms with Crippen LogP contribution in [0.5, 0.6) is 5.75 Å². The molecule has 0 aliphatic heterocycles. The van der Waals surface area contributed by atoms with Gasteiger partial charge in [-0.15, -0.1) is 0 Å². The maximum atomic E-state index is 13.3. The zero-order valence-corrected chi connectivity index (χ0v) is 17.4. The summed E-state index contributed by atoms with van der Waals surface area (Å²) in [4.78, 5) is 4.15. The van der Waals surface area contributed by atoms with Crippen LogP contribution >= 0.6 is 0 Å². The molecule has 31 heavy (non-hydrogen) atoms. The predicted octanol–water partition coefficient (Wildman–Crippen LogP) is 4.92. The number of halogens is 1. The van der Waals surface area contributed by atoms with Crippen molar-refractivity contribution in [2.24, 2.45) is 0 Å². The highest BCUT2D eigenvalue weighted by molar-refractivity contribution is 7.91. The Morgan fingerprint density at radius 2 is 1.81 bits per heavy atom. The molecule has 4 aromatic rings. The van der Waals surface area contributed by atoms with Crippen molar-refractivity contribution in [3.8, 4) is 17.2 Å². The molecule has 4 rings (SSSR count). The van der Waals surface area contributed by atoms with Crippen LogP contribution < -0.4 is 10.1 Å². The lowest BCUT2D eigenvalue weighted by atomic mass is 10.2. The van der Waals surface area contributed by atoms with Gasteiger partial charge in [-0.25, -0.2) is 12.8 Å². The van der Waals surface area contributed by atoms with Gasteiger partial charge in [0.25, 0.3) is 0 Å². The largest absolute Gasteiger partial charge is 0.494 e. The fraction of sp³-hybridized carbons (Fsp3) is 0.136. The number of furan rings is 1. The van der Waals surface area contributed by atoms with Gasteiger partial charge in [-0.3, -0.25) is 0 Å². The first kappa shape index (κ1) is 20.7. The Morgan fingerprint density at radius 1 is 1.06 bits per heavy atom. The van der Waals surface area contributed by atoms with Crippen molar-refractivity contribution < 1.29 is 26.4 Å². The molecule has 2 aromatic heterocycles. The summed E-state index contributed by atoms with van der Waals surface area (Å²) in [5.41, 5.74) is 0.574. The summed E-state index contributed by atoms with van der Waals surface area (Å²) in [5, 5.41) is 2.63. The summed E-state index contributed by atoms with van der Waals surface area (Å²) in [5.74, 6) is 0.804. The predicted molar refractivity (Wildman–Crippen MR) is 111 cm³/mol. The highest BCUT2D eigenvalue weighted by Gasteiger charge is 2.28. The molecule has 0 aliphatic carbocycles. The van der Waals surface area contributed by atoms with Crippen molar-refractivity contribution in [2.75, 3.05) is 11.9 Å². The van der Waals surface area contributed by atoms with Gasteiger partial charge in [0.15, 0.2) is 0 Å². The lowest BCUT2D eigenvalue weighted by molar-refractivity contribution is 0.340. The van der Waals surface area contributed by atoms with Crippen LogP contribution in [0.15, 0.2) is 85.7 Å². The number of oxazole rings is 1. The zero-order chi connectivity index (χ0) is 21.8. The first-order valence-electron chi connectivity index (χ1n) is 9.48. The summed E-state index contributed by atoms with van der Waals surface area (Å²) in [6.45, 7) is 2.60. The number of ether oxygens (including phenoxy) is 1. The van der Waals surface area contributed by atoms with Gasteiger partial charge >= 0.3 is 0 Å². The molecule has 9 heteroatoms. The van der Waals surface area contributed by atoms with E-state index >= 15 is 0 Å². The minimum Gasteiger partial charge on any atom is -0.494 e. The molecule has 7 nitrogen and oxygen atoms in total. The van der Waals surface area contributed by atoms with Crippen LogP contribution in [-0.4, -0.2) is 20.0 Å². The Hall–Kier alpha value is -3.59. The number of nitrogens with zero attached hydrogens (tertiary/aromatic N) is 1. The second-order valence-electron chi connectivity index (χ2n) is 6.50. The fourth-order valence-corrected chi connectivity index (χ4v) is 4.17. The SMILES string of the molecule is CCOc1ccc(-c2nc(S(=O)(=O)c3ccc(F)cc3)c(NCc3ccco3)o2)cc1. The van der Waals surface area contributed by atoms with E-state index in [1.54, 1.807) is 36.4 Å². The monoisotopic (exact) mass is 442 g/mol. The van der Waals surface area contributed by atoms with Gasteiger partial charge in [-0.05, 0) is 67.6 Å². The van der Waals surface area contributed by atoms with Gasteiger partial charge in [0.05, 0.1) is 24.3 Å².